The summed E-state index contributed by atoms with van der Waals surface area (Å²) in [5, 5.41) is 7.77. The van der Waals surface area contributed by atoms with Crippen LogP contribution >= 0.6 is 67.9 Å². The quantitative estimate of drug-likeness (QED) is 0.162. The van der Waals surface area contributed by atoms with E-state index in [2.05, 4.69) is 154 Å². The van der Waals surface area contributed by atoms with Crippen molar-refractivity contribution in [2.75, 3.05) is 0 Å². The molecule has 9 aromatic rings. The molecule has 0 radical (unpaired) electrons. The van der Waals surface area contributed by atoms with Crippen molar-refractivity contribution in [2.45, 2.75) is 6.42 Å². The van der Waals surface area contributed by atoms with Gasteiger partial charge in [0.25, 0.3) is 0 Å². The minimum Gasteiger partial charge on any atom is -0.456 e. The summed E-state index contributed by atoms with van der Waals surface area (Å²) < 4.78 is 14.2. The molecule has 3 heterocycles. The molecule has 0 saturated heterocycles. The predicted octanol–water partition coefficient (Wildman–Crippen LogP) is 12.8. The lowest BCUT2D eigenvalue weighted by Crippen LogP contribution is -1.87. The van der Waals surface area contributed by atoms with E-state index in [-0.39, 0.29) is 0 Å². The Morgan fingerprint density at radius 3 is 2.12 bits per heavy atom. The van der Waals surface area contributed by atoms with E-state index in [1.807, 2.05) is 22.7 Å². The molecule has 0 atom stereocenters. The second kappa shape index (κ2) is 9.77. The van der Waals surface area contributed by atoms with Crippen molar-refractivity contribution in [3.63, 3.8) is 0 Å². The van der Waals surface area contributed by atoms with Crippen LogP contribution in [0.25, 0.3) is 73.4 Å². The van der Waals surface area contributed by atoms with Crippen LogP contribution < -0.4 is 0 Å². The molecule has 6 aromatic carbocycles. The minimum atomic E-state index is 0.938. The van der Waals surface area contributed by atoms with Gasteiger partial charge in [0.15, 0.2) is 0 Å². The first-order valence-electron chi connectivity index (χ1n) is 13.8. The van der Waals surface area contributed by atoms with Crippen LogP contribution in [0.4, 0.5) is 0 Å². The Bertz CT molecular complexity index is 2530. The van der Waals surface area contributed by atoms with E-state index in [4.69, 9.17) is 4.42 Å². The van der Waals surface area contributed by atoms with Gasteiger partial charge in [0.1, 0.15) is 11.2 Å². The molecule has 0 fully saturated rings. The first-order valence-corrected chi connectivity index (χ1v) is 17.5. The van der Waals surface area contributed by atoms with E-state index in [1.54, 1.807) is 0 Å². The Kier molecular flexibility index (Phi) is 5.94. The monoisotopic (exact) mass is 798 g/mol. The fraction of sp³-hybridized carbons (Fsp3) is 0.0270. The Morgan fingerprint density at radius 2 is 1.26 bits per heavy atom. The molecule has 0 spiro atoms. The number of rotatable bonds is 3. The van der Waals surface area contributed by atoms with Crippen molar-refractivity contribution >= 4 is 130 Å². The zero-order valence-electron chi connectivity index (χ0n) is 22.1. The lowest BCUT2D eigenvalue weighted by Gasteiger charge is -2.06. The number of fused-ring (bicyclic) bond motifs is 9. The molecule has 0 aliphatic heterocycles. The second-order valence-corrected chi connectivity index (χ2v) is 15.1. The summed E-state index contributed by atoms with van der Waals surface area (Å²) in [7, 11) is 0. The van der Waals surface area contributed by atoms with Crippen LogP contribution in [-0.4, -0.2) is 0 Å². The number of thiophene rings is 2. The molecule has 0 N–H and O–H groups in total. The normalized spacial score (nSPS) is 12.1. The van der Waals surface area contributed by atoms with Gasteiger partial charge in [-0.05, 0) is 116 Å². The number of hydrogen-bond donors (Lipinski definition) is 0. The number of furan rings is 1. The second-order valence-electron chi connectivity index (χ2n) is 10.8. The minimum absolute atomic E-state index is 0.938. The van der Waals surface area contributed by atoms with Gasteiger partial charge in [-0.25, -0.2) is 0 Å². The SMILES string of the molecule is Ic1c(-c2ccc3c(c2)oc2cccc(I)c23)ccc2c1sc1cc(Cc3ccc4c(c3)sc3ccccc34)ccc12. The summed E-state index contributed by atoms with van der Waals surface area (Å²) in [6.45, 7) is 0. The van der Waals surface area contributed by atoms with Crippen molar-refractivity contribution in [2.24, 2.45) is 0 Å². The van der Waals surface area contributed by atoms with E-state index in [0.29, 0.717) is 0 Å². The predicted molar refractivity (Wildman–Crippen MR) is 200 cm³/mol. The smallest absolute Gasteiger partial charge is 0.136 e. The first-order chi connectivity index (χ1) is 20.6. The van der Waals surface area contributed by atoms with E-state index in [0.717, 1.165) is 17.6 Å². The van der Waals surface area contributed by atoms with Gasteiger partial charge in [0.2, 0.25) is 0 Å². The Labute approximate surface area is 277 Å². The summed E-state index contributed by atoms with van der Waals surface area (Å²) >= 11 is 8.74. The van der Waals surface area contributed by atoms with Crippen molar-refractivity contribution < 1.29 is 4.42 Å². The standard InChI is InChI=1S/C37H20I2OS2/c38-29-5-3-6-30-35(29)28-13-10-22(19-31(28)40-30)23-14-15-27-26-12-9-21(18-34(26)42-37(27)36(23)39)16-20-8-11-25-24-4-1-2-7-32(24)41-33(25)17-20/h1-15,17-19H,16H2. The van der Waals surface area contributed by atoms with Gasteiger partial charge < -0.3 is 4.42 Å². The van der Waals surface area contributed by atoms with E-state index < -0.39 is 0 Å². The summed E-state index contributed by atoms with van der Waals surface area (Å²) in [4.78, 5) is 0. The lowest BCUT2D eigenvalue weighted by molar-refractivity contribution is 0.669. The molecule has 5 heteroatoms. The molecule has 0 aliphatic carbocycles. The highest BCUT2D eigenvalue weighted by molar-refractivity contribution is 14.1. The summed E-state index contributed by atoms with van der Waals surface area (Å²) in [5.74, 6) is 0. The van der Waals surface area contributed by atoms with Crippen LogP contribution in [0, 0.1) is 7.14 Å². The topological polar surface area (TPSA) is 13.1 Å². The molecule has 3 aromatic heterocycles. The Hall–Kier alpha value is -2.98. The van der Waals surface area contributed by atoms with Crippen molar-refractivity contribution in [3.8, 4) is 11.1 Å². The van der Waals surface area contributed by atoms with Gasteiger partial charge in [-0.2, -0.15) is 0 Å². The third-order valence-electron chi connectivity index (χ3n) is 8.25. The molecular formula is C37H20I2OS2. The number of hydrogen-bond acceptors (Lipinski definition) is 3. The van der Waals surface area contributed by atoms with Gasteiger partial charge in [-0.1, -0.05) is 66.7 Å². The van der Waals surface area contributed by atoms with Crippen LogP contribution in [-0.2, 0) is 6.42 Å². The van der Waals surface area contributed by atoms with Crippen LogP contribution in [0.3, 0.4) is 0 Å². The Morgan fingerprint density at radius 1 is 0.548 bits per heavy atom. The molecule has 42 heavy (non-hydrogen) atoms. The van der Waals surface area contributed by atoms with Crippen LogP contribution in [0.5, 0.6) is 0 Å². The highest BCUT2D eigenvalue weighted by Gasteiger charge is 2.16. The number of benzene rings is 6. The highest BCUT2D eigenvalue weighted by atomic mass is 127. The van der Waals surface area contributed by atoms with Crippen LogP contribution in [0.1, 0.15) is 11.1 Å². The van der Waals surface area contributed by atoms with E-state index in [1.165, 1.54) is 80.5 Å². The zero-order valence-corrected chi connectivity index (χ0v) is 28.0. The maximum atomic E-state index is 6.27. The van der Waals surface area contributed by atoms with Crippen LogP contribution in [0.15, 0.2) is 114 Å². The summed E-state index contributed by atoms with van der Waals surface area (Å²) in [6, 6.07) is 40.2. The Balaban J connectivity index is 1.10. The molecule has 0 amide bonds. The number of halogens is 2. The van der Waals surface area contributed by atoms with E-state index >= 15 is 0 Å². The van der Waals surface area contributed by atoms with Gasteiger partial charge >= 0.3 is 0 Å². The fourth-order valence-electron chi connectivity index (χ4n) is 6.25. The van der Waals surface area contributed by atoms with Crippen molar-refractivity contribution in [1.82, 2.24) is 0 Å². The average Bonchev–Trinajstić information content (AvgIpc) is 3.68. The van der Waals surface area contributed by atoms with Crippen LogP contribution in [0.2, 0.25) is 0 Å². The molecule has 0 bridgehead atoms. The van der Waals surface area contributed by atoms with E-state index in [9.17, 15) is 0 Å². The molecule has 0 saturated carbocycles. The first kappa shape index (κ1) is 25.5. The molecule has 0 aliphatic rings. The van der Waals surface area contributed by atoms with Gasteiger partial charge in [-0.15, -0.1) is 22.7 Å². The largest absolute Gasteiger partial charge is 0.456 e. The zero-order chi connectivity index (χ0) is 27.9. The van der Waals surface area contributed by atoms with Gasteiger partial charge in [0.05, 0.1) is 0 Å². The van der Waals surface area contributed by atoms with Gasteiger partial charge in [-0.3, -0.25) is 0 Å². The third kappa shape index (κ3) is 3.97. The van der Waals surface area contributed by atoms with Crippen molar-refractivity contribution in [3.05, 3.63) is 127 Å². The average molecular weight is 799 g/mol. The summed E-state index contributed by atoms with van der Waals surface area (Å²) in [5.41, 5.74) is 7.05. The lowest BCUT2D eigenvalue weighted by atomic mass is 10.0. The molecule has 9 rings (SSSR count). The molecule has 0 unspecified atom stereocenters. The highest BCUT2D eigenvalue weighted by Crippen LogP contribution is 2.42. The maximum Gasteiger partial charge on any atom is 0.136 e. The maximum absolute atomic E-state index is 6.27. The van der Waals surface area contributed by atoms with Crippen molar-refractivity contribution in [1.29, 1.82) is 0 Å². The fourth-order valence-corrected chi connectivity index (χ4v) is 10.5. The molecule has 1 nitrogen and oxygen atoms in total. The van der Waals surface area contributed by atoms with Gasteiger partial charge in [0, 0.05) is 58.3 Å². The third-order valence-corrected chi connectivity index (χ3v) is 13.0. The summed E-state index contributed by atoms with van der Waals surface area (Å²) in [6.07, 6.45) is 0.938. The molecular weight excluding hydrogens is 778 g/mol. The molecule has 200 valence electrons.